The first-order chi connectivity index (χ1) is 13.1. The molecule has 3 aliphatic rings. The van der Waals surface area contributed by atoms with Gasteiger partial charge in [-0.1, -0.05) is 11.6 Å². The van der Waals surface area contributed by atoms with Crippen molar-refractivity contribution < 1.29 is 14.3 Å². The number of esters is 1. The van der Waals surface area contributed by atoms with Crippen LogP contribution in [0.4, 0.5) is 0 Å². The van der Waals surface area contributed by atoms with Crippen molar-refractivity contribution >= 4 is 16.9 Å². The number of fused-ring (bicyclic) bond motifs is 6. The van der Waals surface area contributed by atoms with Gasteiger partial charge in [-0.05, 0) is 44.4 Å². The number of hydrogen-bond acceptors (Lipinski definition) is 4. The molecule has 1 aromatic carbocycles. The molecule has 1 N–H and O–H groups in total. The fourth-order valence-corrected chi connectivity index (χ4v) is 5.35. The number of H-pyrrole nitrogens is 1. The van der Waals surface area contributed by atoms with Crippen LogP contribution in [0.3, 0.4) is 0 Å². The second-order valence-corrected chi connectivity index (χ2v) is 8.24. The monoisotopic (exact) mass is 366 g/mol. The van der Waals surface area contributed by atoms with Gasteiger partial charge in [0.1, 0.15) is 0 Å². The molecule has 1 fully saturated rings. The fourth-order valence-electron chi connectivity index (χ4n) is 5.35. The van der Waals surface area contributed by atoms with E-state index in [-0.39, 0.29) is 18.0 Å². The van der Waals surface area contributed by atoms with E-state index < -0.39 is 0 Å². The van der Waals surface area contributed by atoms with E-state index in [9.17, 15) is 4.79 Å². The van der Waals surface area contributed by atoms with Crippen LogP contribution < -0.4 is 0 Å². The lowest BCUT2D eigenvalue weighted by atomic mass is 9.72. The average Bonchev–Trinajstić information content (AvgIpc) is 3.05. The van der Waals surface area contributed by atoms with Gasteiger partial charge in [0.15, 0.2) is 0 Å². The molecule has 4 unspecified atom stereocenters. The molecular weight excluding hydrogens is 340 g/mol. The predicted octanol–water partition coefficient (Wildman–Crippen LogP) is 3.49. The summed E-state index contributed by atoms with van der Waals surface area (Å²) in [6.45, 7) is 6.28. The molecule has 2 aromatic rings. The largest absolute Gasteiger partial charge is 0.497 e. The first kappa shape index (κ1) is 16.9. The van der Waals surface area contributed by atoms with Crippen LogP contribution in [0.15, 0.2) is 30.0 Å². The number of aromatic nitrogens is 1. The lowest BCUT2D eigenvalue weighted by Crippen LogP contribution is -2.51. The number of aryl methyl sites for hydroxylation is 1. The highest BCUT2D eigenvalue weighted by atomic mass is 16.5. The van der Waals surface area contributed by atoms with E-state index in [1.807, 2.05) is 0 Å². The Hall–Kier alpha value is -2.27. The van der Waals surface area contributed by atoms with E-state index >= 15 is 0 Å². The van der Waals surface area contributed by atoms with Crippen LogP contribution in [0.5, 0.6) is 0 Å². The average molecular weight is 366 g/mol. The zero-order chi connectivity index (χ0) is 18.7. The minimum Gasteiger partial charge on any atom is -0.497 e. The van der Waals surface area contributed by atoms with Gasteiger partial charge >= 0.3 is 5.97 Å². The maximum atomic E-state index is 12.3. The molecule has 4 atom stereocenters. The van der Waals surface area contributed by atoms with Crippen molar-refractivity contribution in [2.45, 2.75) is 38.8 Å². The van der Waals surface area contributed by atoms with Crippen molar-refractivity contribution in [3.63, 3.8) is 0 Å². The molecule has 27 heavy (non-hydrogen) atoms. The third kappa shape index (κ3) is 2.52. The Bertz CT molecular complexity index is 944. The number of nitrogens with zero attached hydrogens (tertiary/aromatic N) is 1. The quantitative estimate of drug-likeness (QED) is 0.785. The van der Waals surface area contributed by atoms with Crippen LogP contribution in [0, 0.1) is 18.8 Å². The van der Waals surface area contributed by atoms with E-state index in [2.05, 4.69) is 41.9 Å². The molecule has 0 aliphatic carbocycles. The maximum Gasteiger partial charge on any atom is 0.337 e. The number of benzene rings is 1. The Morgan fingerprint density at radius 1 is 1.37 bits per heavy atom. The number of nitrogens with one attached hydrogen (secondary N) is 1. The molecule has 3 aliphatic heterocycles. The second-order valence-electron chi connectivity index (χ2n) is 8.24. The minimum atomic E-state index is -0.256. The summed E-state index contributed by atoms with van der Waals surface area (Å²) in [6, 6.07) is 6.97. The molecule has 1 saturated heterocycles. The molecule has 5 rings (SSSR count). The minimum absolute atomic E-state index is 0.121. The van der Waals surface area contributed by atoms with Gasteiger partial charge in [0.05, 0.1) is 31.1 Å². The van der Waals surface area contributed by atoms with Crippen molar-refractivity contribution in [2.75, 3.05) is 20.2 Å². The molecule has 5 nitrogen and oxygen atoms in total. The summed E-state index contributed by atoms with van der Waals surface area (Å²) in [4.78, 5) is 18.6. The van der Waals surface area contributed by atoms with Crippen molar-refractivity contribution in [3.05, 3.63) is 46.9 Å². The van der Waals surface area contributed by atoms with Crippen LogP contribution in [-0.2, 0) is 20.7 Å². The van der Waals surface area contributed by atoms with E-state index in [1.165, 1.54) is 34.8 Å². The molecule has 4 heterocycles. The highest BCUT2D eigenvalue weighted by Gasteiger charge is 2.46. The summed E-state index contributed by atoms with van der Waals surface area (Å²) in [7, 11) is 1.45. The lowest BCUT2D eigenvalue weighted by Gasteiger charge is -2.49. The zero-order valence-corrected chi connectivity index (χ0v) is 16.1. The molecule has 0 bridgehead atoms. The number of ether oxygens (including phenoxy) is 2. The maximum absolute atomic E-state index is 12.3. The summed E-state index contributed by atoms with van der Waals surface area (Å²) in [5.74, 6) is 0.253. The van der Waals surface area contributed by atoms with Crippen LogP contribution in [0.1, 0.15) is 36.2 Å². The fraction of sp³-hybridized carbons (Fsp3) is 0.500. The lowest BCUT2D eigenvalue weighted by molar-refractivity contribution is -0.139. The molecule has 142 valence electrons. The second kappa shape index (κ2) is 6.13. The SMILES string of the molecule is COC(=O)C1=COC(C)C2CN3CCc4c([nH]c5ccc(C)cc45)C3CC12. The standard InChI is InChI=1S/C22H26N2O3/c1-12-4-5-19-16(8-12)14-6-7-24-10-17-13(2)27-11-18(22(25)26-3)15(17)9-20(24)21(14)23-19/h4-5,8,11,13,15,17,20,23H,6-7,9-10H2,1-3H3. The Morgan fingerprint density at radius 3 is 3.04 bits per heavy atom. The van der Waals surface area contributed by atoms with E-state index in [1.54, 1.807) is 6.26 Å². The first-order valence-electron chi connectivity index (χ1n) is 9.85. The highest BCUT2D eigenvalue weighted by molar-refractivity contribution is 5.89. The summed E-state index contributed by atoms with van der Waals surface area (Å²) in [6.07, 6.45) is 3.77. The van der Waals surface area contributed by atoms with Crippen LogP contribution in [0.2, 0.25) is 0 Å². The van der Waals surface area contributed by atoms with Crippen LogP contribution >= 0.6 is 0 Å². The van der Waals surface area contributed by atoms with Crippen LogP contribution in [0.25, 0.3) is 10.9 Å². The molecule has 0 spiro atoms. The highest BCUT2D eigenvalue weighted by Crippen LogP contribution is 2.47. The van der Waals surface area contributed by atoms with Gasteiger partial charge in [0.2, 0.25) is 0 Å². The van der Waals surface area contributed by atoms with E-state index in [0.717, 1.165) is 25.9 Å². The van der Waals surface area contributed by atoms with E-state index in [4.69, 9.17) is 9.47 Å². The third-order valence-corrected chi connectivity index (χ3v) is 6.79. The predicted molar refractivity (Wildman–Crippen MR) is 103 cm³/mol. The van der Waals surface area contributed by atoms with Crippen LogP contribution in [-0.4, -0.2) is 42.2 Å². The normalized spacial score (nSPS) is 30.0. The van der Waals surface area contributed by atoms with Crippen molar-refractivity contribution in [2.24, 2.45) is 11.8 Å². The van der Waals surface area contributed by atoms with Crippen molar-refractivity contribution in [1.29, 1.82) is 0 Å². The van der Waals surface area contributed by atoms with Gasteiger partial charge in [-0.2, -0.15) is 0 Å². The Morgan fingerprint density at radius 2 is 2.22 bits per heavy atom. The van der Waals surface area contributed by atoms with Crippen molar-refractivity contribution in [3.8, 4) is 0 Å². The molecule has 0 amide bonds. The molecule has 0 saturated carbocycles. The van der Waals surface area contributed by atoms with Gasteiger partial charge in [0.25, 0.3) is 0 Å². The number of hydrogen-bond donors (Lipinski definition) is 1. The molecule has 1 aromatic heterocycles. The van der Waals surface area contributed by atoms with Gasteiger partial charge in [-0.3, -0.25) is 4.90 Å². The molecule has 0 radical (unpaired) electrons. The van der Waals surface area contributed by atoms with Gasteiger partial charge < -0.3 is 14.5 Å². The summed E-state index contributed by atoms with van der Waals surface area (Å²) < 4.78 is 10.8. The summed E-state index contributed by atoms with van der Waals surface area (Å²) >= 11 is 0. The van der Waals surface area contributed by atoms with Gasteiger partial charge in [-0.25, -0.2) is 4.79 Å². The Labute approximate surface area is 159 Å². The first-order valence-corrected chi connectivity index (χ1v) is 9.85. The third-order valence-electron chi connectivity index (χ3n) is 6.79. The number of rotatable bonds is 1. The van der Waals surface area contributed by atoms with Gasteiger partial charge in [-0.15, -0.1) is 0 Å². The molecule has 5 heteroatoms. The zero-order valence-electron chi connectivity index (χ0n) is 16.1. The number of piperidine rings is 1. The summed E-state index contributed by atoms with van der Waals surface area (Å²) in [5, 5.41) is 1.36. The summed E-state index contributed by atoms with van der Waals surface area (Å²) in [5.41, 5.74) is 6.00. The Balaban J connectivity index is 1.55. The number of carbonyl (C=O) groups is 1. The van der Waals surface area contributed by atoms with E-state index in [0.29, 0.717) is 17.5 Å². The topological polar surface area (TPSA) is 54.6 Å². The smallest absolute Gasteiger partial charge is 0.337 e. The number of aromatic amines is 1. The Kier molecular flexibility index (Phi) is 3.83. The van der Waals surface area contributed by atoms with Gasteiger partial charge in [0, 0.05) is 41.5 Å². The number of carbonyl (C=O) groups excluding carboxylic acids is 1. The van der Waals surface area contributed by atoms with Crippen molar-refractivity contribution in [1.82, 2.24) is 9.88 Å². The molecular formula is C22H26N2O3. The number of methoxy groups -OCH3 is 1.